The van der Waals surface area contributed by atoms with Gasteiger partial charge in [-0.15, -0.1) is 11.3 Å². The molecule has 1 aromatic carbocycles. The van der Waals surface area contributed by atoms with E-state index in [9.17, 15) is 0 Å². The molecule has 2 rings (SSSR count). The maximum Gasteiger partial charge on any atom is 0.191 e. The first-order valence-electron chi connectivity index (χ1n) is 8.88. The highest BCUT2D eigenvalue weighted by Gasteiger charge is 2.02. The van der Waals surface area contributed by atoms with E-state index in [4.69, 9.17) is 0 Å². The molecule has 0 saturated heterocycles. The lowest BCUT2D eigenvalue weighted by Crippen LogP contribution is -2.38. The van der Waals surface area contributed by atoms with Crippen LogP contribution >= 0.6 is 11.3 Å². The summed E-state index contributed by atoms with van der Waals surface area (Å²) in [5.74, 6) is 0.867. The zero-order chi connectivity index (χ0) is 17.9. The Hall–Kier alpha value is -2.08. The van der Waals surface area contributed by atoms with Crippen molar-refractivity contribution in [2.24, 2.45) is 4.99 Å². The number of hydrogen-bond acceptors (Lipinski definition) is 4. The van der Waals surface area contributed by atoms with E-state index in [1.165, 1.54) is 10.6 Å². The molecule has 5 nitrogen and oxygen atoms in total. The molecule has 2 aromatic rings. The van der Waals surface area contributed by atoms with Crippen LogP contribution in [0.4, 0.5) is 5.69 Å². The van der Waals surface area contributed by atoms with Crippen LogP contribution < -0.4 is 15.5 Å². The number of aromatic nitrogens is 1. The van der Waals surface area contributed by atoms with Gasteiger partial charge in [0.1, 0.15) is 5.01 Å². The highest BCUT2D eigenvalue weighted by molar-refractivity contribution is 7.11. The number of thiazole rings is 1. The van der Waals surface area contributed by atoms with Gasteiger partial charge in [0, 0.05) is 43.4 Å². The molecule has 25 heavy (non-hydrogen) atoms. The van der Waals surface area contributed by atoms with Crippen molar-refractivity contribution in [3.8, 4) is 0 Å². The highest BCUT2D eigenvalue weighted by Crippen LogP contribution is 2.12. The van der Waals surface area contributed by atoms with Gasteiger partial charge in [0.2, 0.25) is 0 Å². The van der Waals surface area contributed by atoms with Crippen LogP contribution in [0.15, 0.2) is 41.5 Å². The van der Waals surface area contributed by atoms with Gasteiger partial charge in [-0.05, 0) is 38.8 Å². The molecule has 6 heteroatoms. The van der Waals surface area contributed by atoms with Gasteiger partial charge >= 0.3 is 0 Å². The molecule has 136 valence electrons. The number of para-hydroxylation sites is 1. The van der Waals surface area contributed by atoms with Gasteiger partial charge in [0.25, 0.3) is 0 Å². The Bertz CT molecular complexity index is 638. The van der Waals surface area contributed by atoms with Crippen molar-refractivity contribution in [1.29, 1.82) is 0 Å². The Kier molecular flexibility index (Phi) is 8.25. The maximum absolute atomic E-state index is 4.61. The number of guanidine groups is 1. The number of hydrogen-bond donors (Lipinski definition) is 2. The lowest BCUT2D eigenvalue weighted by molar-refractivity contribution is 0.687. The van der Waals surface area contributed by atoms with E-state index in [1.54, 1.807) is 11.3 Å². The van der Waals surface area contributed by atoms with Gasteiger partial charge in [-0.1, -0.05) is 18.2 Å². The zero-order valence-electron chi connectivity index (χ0n) is 15.5. The van der Waals surface area contributed by atoms with Crippen molar-refractivity contribution in [2.75, 3.05) is 31.6 Å². The predicted molar refractivity (Wildman–Crippen MR) is 109 cm³/mol. The van der Waals surface area contributed by atoms with E-state index in [0.29, 0.717) is 6.54 Å². The van der Waals surface area contributed by atoms with E-state index < -0.39 is 0 Å². The van der Waals surface area contributed by atoms with Gasteiger partial charge in [-0.3, -0.25) is 0 Å². The van der Waals surface area contributed by atoms with Crippen LogP contribution in [0.2, 0.25) is 0 Å². The minimum absolute atomic E-state index is 0.630. The summed E-state index contributed by atoms with van der Waals surface area (Å²) in [7, 11) is 2.14. The van der Waals surface area contributed by atoms with Gasteiger partial charge in [-0.2, -0.15) is 0 Å². The van der Waals surface area contributed by atoms with E-state index in [0.717, 1.165) is 43.4 Å². The number of unbranched alkanes of at least 4 members (excludes halogenated alkanes) is 1. The second-order valence-corrected chi connectivity index (χ2v) is 7.27. The fourth-order valence-corrected chi connectivity index (χ4v) is 3.17. The molecule has 0 bridgehead atoms. The summed E-state index contributed by atoms with van der Waals surface area (Å²) in [5.41, 5.74) is 1.27. The summed E-state index contributed by atoms with van der Waals surface area (Å²) in [4.78, 5) is 12.5. The molecule has 0 radical (unpaired) electrons. The highest BCUT2D eigenvalue weighted by atomic mass is 32.1. The number of nitrogens with one attached hydrogen (secondary N) is 2. The fourth-order valence-electron chi connectivity index (χ4n) is 2.46. The molecular formula is C19H29N5S. The third kappa shape index (κ3) is 7.13. The standard InChI is InChI=1S/C19H29N5S/c1-4-20-19(23-15-18-22-14-16(2)25-18)21-12-8-9-13-24(3)17-10-6-5-7-11-17/h5-7,10-11,14H,4,8-9,12-13,15H2,1-3H3,(H2,20,21,23). The first-order valence-corrected chi connectivity index (χ1v) is 9.70. The van der Waals surface area contributed by atoms with Gasteiger partial charge in [-0.25, -0.2) is 9.98 Å². The number of rotatable bonds is 9. The molecule has 0 amide bonds. The SMILES string of the molecule is CCNC(=NCc1ncc(C)s1)NCCCCN(C)c1ccccc1. The monoisotopic (exact) mass is 359 g/mol. The van der Waals surface area contributed by atoms with Crippen LogP contribution in [0, 0.1) is 6.92 Å². The Morgan fingerprint density at radius 1 is 1.20 bits per heavy atom. The minimum Gasteiger partial charge on any atom is -0.375 e. The molecule has 1 aromatic heterocycles. The smallest absolute Gasteiger partial charge is 0.191 e. The summed E-state index contributed by atoms with van der Waals surface area (Å²) >= 11 is 1.70. The Balaban J connectivity index is 1.68. The van der Waals surface area contributed by atoms with E-state index >= 15 is 0 Å². The number of aryl methyl sites for hydroxylation is 1. The third-order valence-corrected chi connectivity index (χ3v) is 4.69. The van der Waals surface area contributed by atoms with Crippen molar-refractivity contribution < 1.29 is 0 Å². The Labute approximate surface area is 155 Å². The second kappa shape index (κ2) is 10.7. The first-order chi connectivity index (χ1) is 12.2. The molecule has 0 aliphatic rings. The molecule has 0 fully saturated rings. The second-order valence-electron chi connectivity index (χ2n) is 5.95. The molecule has 2 N–H and O–H groups in total. The molecule has 0 aliphatic heterocycles. The minimum atomic E-state index is 0.630. The summed E-state index contributed by atoms with van der Waals surface area (Å²) < 4.78 is 0. The average Bonchev–Trinajstić information content (AvgIpc) is 3.05. The van der Waals surface area contributed by atoms with Crippen LogP contribution in [0.1, 0.15) is 29.7 Å². The van der Waals surface area contributed by atoms with Gasteiger partial charge in [0.15, 0.2) is 5.96 Å². The van der Waals surface area contributed by atoms with Gasteiger partial charge < -0.3 is 15.5 Å². The molecule has 0 saturated carbocycles. The molecule has 0 unspecified atom stereocenters. The first kappa shape index (κ1) is 19.2. The van der Waals surface area contributed by atoms with Crippen molar-refractivity contribution in [2.45, 2.75) is 33.2 Å². The summed E-state index contributed by atoms with van der Waals surface area (Å²) in [5, 5.41) is 7.75. The van der Waals surface area contributed by atoms with Crippen LogP contribution in [-0.4, -0.2) is 37.6 Å². The molecule has 0 spiro atoms. The summed E-state index contributed by atoms with van der Waals surface area (Å²) in [6.07, 6.45) is 4.15. The lowest BCUT2D eigenvalue weighted by Gasteiger charge is -2.19. The zero-order valence-corrected chi connectivity index (χ0v) is 16.3. The number of aliphatic imine (C=N–C) groups is 1. The summed E-state index contributed by atoms with van der Waals surface area (Å²) in [6, 6.07) is 10.5. The topological polar surface area (TPSA) is 52.6 Å². The van der Waals surface area contributed by atoms with E-state index in [-0.39, 0.29) is 0 Å². The quantitative estimate of drug-likeness (QED) is 0.409. The van der Waals surface area contributed by atoms with Crippen molar-refractivity contribution in [1.82, 2.24) is 15.6 Å². The third-order valence-electron chi connectivity index (χ3n) is 3.80. The Morgan fingerprint density at radius 2 is 2.00 bits per heavy atom. The van der Waals surface area contributed by atoms with Crippen LogP contribution in [0.5, 0.6) is 0 Å². The normalized spacial score (nSPS) is 11.4. The molecule has 0 atom stereocenters. The van der Waals surface area contributed by atoms with Crippen LogP contribution in [0.3, 0.4) is 0 Å². The van der Waals surface area contributed by atoms with E-state index in [1.807, 2.05) is 6.20 Å². The molecule has 1 heterocycles. The average molecular weight is 360 g/mol. The number of anilines is 1. The molecule has 0 aliphatic carbocycles. The fraction of sp³-hybridized carbons (Fsp3) is 0.474. The largest absolute Gasteiger partial charge is 0.375 e. The van der Waals surface area contributed by atoms with Crippen LogP contribution in [-0.2, 0) is 6.54 Å². The molecular weight excluding hydrogens is 330 g/mol. The van der Waals surface area contributed by atoms with Gasteiger partial charge in [0.05, 0.1) is 6.54 Å². The van der Waals surface area contributed by atoms with Crippen LogP contribution in [0.25, 0.3) is 0 Å². The maximum atomic E-state index is 4.61. The Morgan fingerprint density at radius 3 is 2.68 bits per heavy atom. The van der Waals surface area contributed by atoms with Crippen molar-refractivity contribution in [3.63, 3.8) is 0 Å². The summed E-state index contributed by atoms with van der Waals surface area (Å²) in [6.45, 7) is 7.62. The van der Waals surface area contributed by atoms with E-state index in [2.05, 4.69) is 76.7 Å². The predicted octanol–water partition coefficient (Wildman–Crippen LogP) is 3.42. The van der Waals surface area contributed by atoms with Crippen molar-refractivity contribution in [3.05, 3.63) is 46.4 Å². The van der Waals surface area contributed by atoms with Crippen molar-refractivity contribution >= 4 is 23.0 Å². The number of benzene rings is 1. The number of nitrogens with zero attached hydrogens (tertiary/aromatic N) is 3. The lowest BCUT2D eigenvalue weighted by atomic mass is 10.2.